The number of nitrogens with zero attached hydrogens (tertiary/aromatic N) is 3. The Balaban J connectivity index is 1.69. The lowest BCUT2D eigenvalue weighted by atomic mass is 9.72. The largest absolute Gasteiger partial charge is 0.484 e. The van der Waals surface area contributed by atoms with Crippen molar-refractivity contribution >= 4 is 6.02 Å². The van der Waals surface area contributed by atoms with Crippen molar-refractivity contribution in [1.82, 2.24) is 4.98 Å². The van der Waals surface area contributed by atoms with Gasteiger partial charge in [0.25, 0.3) is 6.02 Å². The molecule has 2 N–H and O–H groups in total. The number of ether oxygens (including phenoxy) is 3. The van der Waals surface area contributed by atoms with E-state index in [0.717, 1.165) is 35.3 Å². The van der Waals surface area contributed by atoms with Crippen molar-refractivity contribution < 1.29 is 14.2 Å². The van der Waals surface area contributed by atoms with E-state index in [9.17, 15) is 5.26 Å². The molecule has 1 saturated heterocycles. The van der Waals surface area contributed by atoms with Gasteiger partial charge in [0.15, 0.2) is 5.54 Å². The maximum Gasteiger partial charge on any atom is 0.283 e. The highest BCUT2D eigenvalue weighted by molar-refractivity contribution is 5.76. The summed E-state index contributed by atoms with van der Waals surface area (Å²) < 4.78 is 18.2. The molecule has 4 heterocycles. The van der Waals surface area contributed by atoms with Crippen LogP contribution in [0.4, 0.5) is 0 Å². The first-order valence-electron chi connectivity index (χ1n) is 9.33. The van der Waals surface area contributed by atoms with Gasteiger partial charge < -0.3 is 19.9 Å². The first-order valence-corrected chi connectivity index (χ1v) is 9.33. The van der Waals surface area contributed by atoms with Gasteiger partial charge in [-0.25, -0.2) is 4.99 Å². The number of fused-ring (bicyclic) bond motifs is 4. The summed E-state index contributed by atoms with van der Waals surface area (Å²) in [5, 5.41) is 9.18. The second kappa shape index (κ2) is 5.94. The second-order valence-corrected chi connectivity index (χ2v) is 7.72. The van der Waals surface area contributed by atoms with Gasteiger partial charge in [0.1, 0.15) is 30.1 Å². The standard InChI is InChI=1S/C21H20N4O3/c1-20-5-2-6-26-18(20)21(12-27-19(23)25-21)16-8-14(3-4-17(16)28-20)15-7-13(9-22)10-24-11-15/h3-4,7-8,10-11,18H,2,5-6,12H2,1H3,(H2,23,25). The van der Waals surface area contributed by atoms with Gasteiger partial charge in [-0.05, 0) is 43.5 Å². The van der Waals surface area contributed by atoms with Crippen LogP contribution in [0.5, 0.6) is 5.75 Å². The van der Waals surface area contributed by atoms with Crippen LogP contribution in [0.3, 0.4) is 0 Å². The maximum absolute atomic E-state index is 9.18. The summed E-state index contributed by atoms with van der Waals surface area (Å²) in [6.07, 6.45) is 4.81. The minimum Gasteiger partial charge on any atom is -0.484 e. The van der Waals surface area contributed by atoms with E-state index >= 15 is 0 Å². The number of hydrogen-bond donors (Lipinski definition) is 1. The third-order valence-electron chi connectivity index (χ3n) is 5.83. The molecular formula is C21H20N4O3. The van der Waals surface area contributed by atoms with Crippen molar-refractivity contribution in [2.75, 3.05) is 13.2 Å². The molecule has 1 aromatic carbocycles. The van der Waals surface area contributed by atoms with Crippen molar-refractivity contribution in [3.63, 3.8) is 0 Å². The Bertz CT molecular complexity index is 1030. The lowest BCUT2D eigenvalue weighted by molar-refractivity contribution is -0.167. The highest BCUT2D eigenvalue weighted by Gasteiger charge is 2.60. The van der Waals surface area contributed by atoms with Crippen molar-refractivity contribution in [3.05, 3.63) is 47.8 Å². The van der Waals surface area contributed by atoms with E-state index in [0.29, 0.717) is 18.8 Å². The van der Waals surface area contributed by atoms with Crippen LogP contribution in [0.25, 0.3) is 11.1 Å². The summed E-state index contributed by atoms with van der Waals surface area (Å²) in [5.74, 6) is 0.763. The smallest absolute Gasteiger partial charge is 0.283 e. The molecule has 2 aromatic rings. The molecule has 1 fully saturated rings. The zero-order valence-electron chi connectivity index (χ0n) is 15.5. The molecule has 5 rings (SSSR count). The molecule has 3 aliphatic heterocycles. The van der Waals surface area contributed by atoms with Gasteiger partial charge in [-0.3, -0.25) is 4.98 Å². The van der Waals surface area contributed by atoms with Gasteiger partial charge in [0.2, 0.25) is 0 Å². The fraction of sp³-hybridized carbons (Fsp3) is 0.381. The quantitative estimate of drug-likeness (QED) is 0.820. The molecule has 3 unspecified atom stereocenters. The van der Waals surface area contributed by atoms with Crippen molar-refractivity contribution in [2.24, 2.45) is 10.7 Å². The van der Waals surface area contributed by atoms with E-state index in [1.165, 1.54) is 0 Å². The summed E-state index contributed by atoms with van der Waals surface area (Å²) in [5.41, 5.74) is 7.87. The van der Waals surface area contributed by atoms with Gasteiger partial charge in [-0.15, -0.1) is 0 Å². The van der Waals surface area contributed by atoms with E-state index in [2.05, 4.69) is 18.0 Å². The number of nitrogens with two attached hydrogens (primary N) is 1. The number of amidine groups is 1. The summed E-state index contributed by atoms with van der Waals surface area (Å²) in [4.78, 5) is 8.89. The van der Waals surface area contributed by atoms with E-state index in [4.69, 9.17) is 24.9 Å². The van der Waals surface area contributed by atoms with Crippen molar-refractivity contribution in [3.8, 4) is 22.9 Å². The highest BCUT2D eigenvalue weighted by atomic mass is 16.6. The number of nitriles is 1. The molecule has 3 atom stereocenters. The zero-order valence-corrected chi connectivity index (χ0v) is 15.5. The first kappa shape index (κ1) is 17.0. The first-order chi connectivity index (χ1) is 13.5. The molecule has 7 nitrogen and oxygen atoms in total. The van der Waals surface area contributed by atoms with Gasteiger partial charge in [0, 0.05) is 30.1 Å². The molecule has 7 heteroatoms. The Kier molecular flexibility index (Phi) is 3.61. The second-order valence-electron chi connectivity index (χ2n) is 7.72. The molecule has 0 aliphatic carbocycles. The van der Waals surface area contributed by atoms with E-state index in [-0.39, 0.29) is 12.1 Å². The van der Waals surface area contributed by atoms with Crippen LogP contribution in [0.1, 0.15) is 30.9 Å². The lowest BCUT2D eigenvalue weighted by Crippen LogP contribution is -2.62. The van der Waals surface area contributed by atoms with Crippen LogP contribution in [-0.2, 0) is 15.0 Å². The maximum atomic E-state index is 9.18. The normalized spacial score (nSPS) is 30.4. The van der Waals surface area contributed by atoms with Crippen LogP contribution in [0.2, 0.25) is 0 Å². The zero-order chi connectivity index (χ0) is 19.4. The summed E-state index contributed by atoms with van der Waals surface area (Å²) in [6.45, 7) is 3.04. The van der Waals surface area contributed by atoms with E-state index < -0.39 is 11.1 Å². The summed E-state index contributed by atoms with van der Waals surface area (Å²) in [6, 6.07) is 10.1. The molecule has 1 spiro atoms. The van der Waals surface area contributed by atoms with Gasteiger partial charge >= 0.3 is 0 Å². The predicted molar refractivity (Wildman–Crippen MR) is 102 cm³/mol. The van der Waals surface area contributed by atoms with Crippen molar-refractivity contribution in [1.29, 1.82) is 5.26 Å². The van der Waals surface area contributed by atoms with Crippen LogP contribution in [0, 0.1) is 11.3 Å². The number of rotatable bonds is 1. The van der Waals surface area contributed by atoms with Crippen LogP contribution in [0.15, 0.2) is 41.7 Å². The van der Waals surface area contributed by atoms with E-state index in [1.54, 1.807) is 12.4 Å². The fourth-order valence-corrected chi connectivity index (χ4v) is 4.58. The Morgan fingerprint density at radius 1 is 1.25 bits per heavy atom. The molecule has 0 saturated carbocycles. The molecule has 28 heavy (non-hydrogen) atoms. The fourth-order valence-electron chi connectivity index (χ4n) is 4.58. The molecule has 142 valence electrons. The molecule has 0 radical (unpaired) electrons. The molecule has 0 bridgehead atoms. The molecular weight excluding hydrogens is 356 g/mol. The highest BCUT2D eigenvalue weighted by Crippen LogP contribution is 2.52. The average molecular weight is 376 g/mol. The Hall–Kier alpha value is -3.11. The minimum atomic E-state index is -0.747. The van der Waals surface area contributed by atoms with Gasteiger partial charge in [-0.2, -0.15) is 5.26 Å². The lowest BCUT2D eigenvalue weighted by Gasteiger charge is -2.51. The summed E-state index contributed by atoms with van der Waals surface area (Å²) in [7, 11) is 0. The number of pyridine rings is 1. The van der Waals surface area contributed by atoms with Crippen LogP contribution >= 0.6 is 0 Å². The Labute approximate surface area is 162 Å². The monoisotopic (exact) mass is 376 g/mol. The molecule has 0 amide bonds. The van der Waals surface area contributed by atoms with Gasteiger partial charge in [0.05, 0.1) is 5.56 Å². The molecule has 1 aromatic heterocycles. The van der Waals surface area contributed by atoms with E-state index in [1.807, 2.05) is 24.3 Å². The number of benzene rings is 1. The number of hydrogen-bond acceptors (Lipinski definition) is 7. The number of aliphatic imine (C=N–C) groups is 1. The molecule has 3 aliphatic rings. The SMILES string of the molecule is CC12CCCOC1C1(COC(N)=N1)c1cc(-c3cncc(C#N)c3)ccc1O2. The topological polar surface area (TPSA) is 103 Å². The Morgan fingerprint density at radius 2 is 2.14 bits per heavy atom. The third kappa shape index (κ3) is 2.38. The minimum absolute atomic E-state index is 0.169. The van der Waals surface area contributed by atoms with Gasteiger partial charge in [-0.1, -0.05) is 6.07 Å². The predicted octanol–water partition coefficient (Wildman–Crippen LogP) is 2.49. The average Bonchev–Trinajstić information content (AvgIpc) is 3.10. The third-order valence-corrected chi connectivity index (χ3v) is 5.83. The van der Waals surface area contributed by atoms with Crippen LogP contribution < -0.4 is 10.5 Å². The Morgan fingerprint density at radius 3 is 2.93 bits per heavy atom. The summed E-state index contributed by atoms with van der Waals surface area (Å²) >= 11 is 0. The number of aromatic nitrogens is 1. The van der Waals surface area contributed by atoms with Crippen LogP contribution in [-0.4, -0.2) is 35.9 Å². The van der Waals surface area contributed by atoms with Crippen molar-refractivity contribution in [2.45, 2.75) is 37.0 Å².